The van der Waals surface area contributed by atoms with Gasteiger partial charge in [0.25, 0.3) is 0 Å². The molecule has 5 heterocycles. The average Bonchev–Trinajstić information content (AvgIpc) is 3.45. The van der Waals surface area contributed by atoms with Crippen LogP contribution in [-0.4, -0.2) is 54.8 Å². The van der Waals surface area contributed by atoms with Crippen molar-refractivity contribution in [1.29, 1.82) is 0 Å². The van der Waals surface area contributed by atoms with Crippen LogP contribution in [0.25, 0.3) is 5.65 Å². The van der Waals surface area contributed by atoms with E-state index in [1.807, 2.05) is 6.07 Å². The van der Waals surface area contributed by atoms with E-state index in [4.69, 9.17) is 10.7 Å². The Balaban J connectivity index is 1.54. The second-order valence-corrected chi connectivity index (χ2v) is 7.77. The third-order valence-electron chi connectivity index (χ3n) is 6.01. The van der Waals surface area contributed by atoms with Crippen LogP contribution in [0.15, 0.2) is 36.9 Å². The van der Waals surface area contributed by atoms with E-state index in [0.29, 0.717) is 24.2 Å². The fourth-order valence-electron chi connectivity index (χ4n) is 4.64. The van der Waals surface area contributed by atoms with Crippen LogP contribution in [0.4, 0.5) is 15.0 Å². The monoisotopic (exact) mass is 411 g/mol. The summed E-state index contributed by atoms with van der Waals surface area (Å²) in [5.41, 5.74) is 7.54. The highest BCUT2D eigenvalue weighted by Crippen LogP contribution is 2.37. The first-order valence-corrected chi connectivity index (χ1v) is 9.98. The second-order valence-electron chi connectivity index (χ2n) is 7.77. The molecule has 2 fully saturated rings. The second kappa shape index (κ2) is 7.21. The van der Waals surface area contributed by atoms with Crippen LogP contribution < -0.4 is 10.6 Å². The number of aliphatic hydroxyl groups is 1. The Morgan fingerprint density at radius 3 is 2.90 bits per heavy atom. The number of nitrogens with two attached hydrogens (primary N) is 1. The molecule has 2 unspecified atom stereocenters. The summed E-state index contributed by atoms with van der Waals surface area (Å²) in [6.07, 6.45) is 7.87. The molecule has 0 aromatic carbocycles. The number of hydrogen-bond acceptors (Lipinski definition) is 6. The number of likely N-dealkylation sites (tertiary alicyclic amines) is 1. The average molecular weight is 411 g/mol. The number of anilines is 1. The number of pyridine rings is 1. The van der Waals surface area contributed by atoms with Gasteiger partial charge in [0.05, 0.1) is 30.6 Å². The van der Waals surface area contributed by atoms with E-state index < -0.39 is 18.2 Å². The molecule has 0 bridgehead atoms. The maximum atomic E-state index is 13.7. The van der Waals surface area contributed by atoms with Crippen LogP contribution >= 0.6 is 0 Å². The minimum absolute atomic E-state index is 0.0197. The van der Waals surface area contributed by atoms with Crippen LogP contribution in [0, 0.1) is 5.82 Å². The number of hydrogen-bond donors (Lipinski definition) is 2. The fourth-order valence-corrected chi connectivity index (χ4v) is 4.64. The summed E-state index contributed by atoms with van der Waals surface area (Å²) in [5.74, 6) is 0.372. The number of aliphatic hydroxyl groups excluding tert-OH is 1. The van der Waals surface area contributed by atoms with E-state index in [1.54, 1.807) is 23.1 Å². The highest BCUT2D eigenvalue weighted by atomic mass is 19.1. The summed E-state index contributed by atoms with van der Waals surface area (Å²) in [4.78, 5) is 24.2. The van der Waals surface area contributed by atoms with Gasteiger partial charge < -0.3 is 20.6 Å². The number of rotatable bonds is 3. The molecule has 0 spiro atoms. The Morgan fingerprint density at radius 1 is 1.23 bits per heavy atom. The van der Waals surface area contributed by atoms with Crippen molar-refractivity contribution in [1.82, 2.24) is 24.5 Å². The lowest BCUT2D eigenvalue weighted by Crippen LogP contribution is -2.37. The molecule has 0 radical (unpaired) electrons. The molecule has 3 aromatic rings. The highest BCUT2D eigenvalue weighted by molar-refractivity contribution is 5.74. The van der Waals surface area contributed by atoms with Gasteiger partial charge in [-0.15, -0.1) is 0 Å². The number of fused-ring (bicyclic) bond motifs is 1. The maximum Gasteiger partial charge on any atom is 0.315 e. The maximum absolute atomic E-state index is 13.7. The SMILES string of the molecule is NC(=O)N1CCC(O)C1c1cnn2ccc(N3CCC[C@@H]3c3cncc(F)c3)nc12. The Labute approximate surface area is 171 Å². The molecule has 30 heavy (non-hydrogen) atoms. The molecule has 3 aromatic heterocycles. The molecule has 0 aliphatic carbocycles. The molecular formula is C20H22FN7O2. The number of carbonyl (C=O) groups excluding carboxylic acids is 1. The normalized spacial score (nSPS) is 24.1. The van der Waals surface area contributed by atoms with Gasteiger partial charge in [0.15, 0.2) is 5.65 Å². The van der Waals surface area contributed by atoms with Crippen molar-refractivity contribution in [2.24, 2.45) is 5.73 Å². The molecule has 2 aliphatic rings. The summed E-state index contributed by atoms with van der Waals surface area (Å²) in [6.45, 7) is 1.17. The van der Waals surface area contributed by atoms with Crippen LogP contribution in [0.2, 0.25) is 0 Å². The van der Waals surface area contributed by atoms with E-state index in [1.165, 1.54) is 17.2 Å². The van der Waals surface area contributed by atoms with Gasteiger partial charge in [-0.3, -0.25) is 4.98 Å². The van der Waals surface area contributed by atoms with Crippen LogP contribution in [0.3, 0.4) is 0 Å². The molecule has 2 aliphatic heterocycles. The largest absolute Gasteiger partial charge is 0.391 e. The highest BCUT2D eigenvalue weighted by Gasteiger charge is 2.38. The van der Waals surface area contributed by atoms with Gasteiger partial charge in [0.1, 0.15) is 11.6 Å². The van der Waals surface area contributed by atoms with Gasteiger partial charge >= 0.3 is 6.03 Å². The molecule has 3 atom stereocenters. The van der Waals surface area contributed by atoms with Crippen molar-refractivity contribution in [2.75, 3.05) is 18.0 Å². The summed E-state index contributed by atoms with van der Waals surface area (Å²) in [6, 6.07) is 2.20. The van der Waals surface area contributed by atoms with Crippen molar-refractivity contribution in [3.8, 4) is 0 Å². The summed E-state index contributed by atoms with van der Waals surface area (Å²) >= 11 is 0. The van der Waals surface area contributed by atoms with Crippen molar-refractivity contribution in [3.63, 3.8) is 0 Å². The van der Waals surface area contributed by atoms with Crippen LogP contribution in [-0.2, 0) is 0 Å². The number of primary amides is 1. The predicted octanol–water partition coefficient (Wildman–Crippen LogP) is 1.79. The third-order valence-corrected chi connectivity index (χ3v) is 6.01. The minimum Gasteiger partial charge on any atom is -0.391 e. The minimum atomic E-state index is -0.728. The molecule has 10 heteroatoms. The molecule has 9 nitrogen and oxygen atoms in total. The van der Waals surface area contributed by atoms with Gasteiger partial charge in [-0.05, 0) is 37.0 Å². The summed E-state index contributed by atoms with van der Waals surface area (Å²) in [7, 11) is 0. The summed E-state index contributed by atoms with van der Waals surface area (Å²) < 4.78 is 15.3. The molecule has 2 saturated heterocycles. The molecular weight excluding hydrogens is 389 g/mol. The lowest BCUT2D eigenvalue weighted by atomic mass is 10.1. The molecule has 0 saturated carbocycles. The van der Waals surface area contributed by atoms with Gasteiger partial charge in [-0.2, -0.15) is 5.10 Å². The van der Waals surface area contributed by atoms with Crippen molar-refractivity contribution < 1.29 is 14.3 Å². The first-order valence-electron chi connectivity index (χ1n) is 9.98. The fraction of sp³-hybridized carbons (Fsp3) is 0.400. The zero-order valence-corrected chi connectivity index (χ0v) is 16.2. The standard InChI is InChI=1S/C20H22FN7O2/c21-13-8-12(9-23-10-13)15-2-1-5-26(15)17-4-7-28-19(25-17)14(11-24-28)18-16(29)3-6-27(18)20(22)30/h4,7-11,15-16,18,29H,1-3,5-6H2,(H2,22,30)/t15-,16?,18?/m1/s1. The van der Waals surface area contributed by atoms with Crippen molar-refractivity contribution in [3.05, 3.63) is 53.9 Å². The summed E-state index contributed by atoms with van der Waals surface area (Å²) in [5, 5.41) is 14.8. The Hall–Kier alpha value is -3.27. The van der Waals surface area contributed by atoms with Gasteiger partial charge in [-0.1, -0.05) is 0 Å². The van der Waals surface area contributed by atoms with Crippen LogP contribution in [0.5, 0.6) is 0 Å². The number of urea groups is 1. The number of halogens is 1. The lowest BCUT2D eigenvalue weighted by molar-refractivity contribution is 0.126. The molecule has 3 N–H and O–H groups in total. The smallest absolute Gasteiger partial charge is 0.315 e. The number of amides is 2. The Morgan fingerprint density at radius 2 is 2.10 bits per heavy atom. The first kappa shape index (κ1) is 18.7. The zero-order chi connectivity index (χ0) is 20.8. The van der Waals surface area contributed by atoms with Crippen molar-refractivity contribution >= 4 is 17.5 Å². The number of aromatic nitrogens is 4. The van der Waals surface area contributed by atoms with Crippen LogP contribution in [0.1, 0.15) is 42.5 Å². The quantitative estimate of drug-likeness (QED) is 0.679. The molecule has 2 amide bonds. The van der Waals surface area contributed by atoms with E-state index in [9.17, 15) is 14.3 Å². The third kappa shape index (κ3) is 3.04. The van der Waals surface area contributed by atoms with Crippen molar-refractivity contribution in [2.45, 2.75) is 37.5 Å². The lowest BCUT2D eigenvalue weighted by Gasteiger charge is -2.26. The Bertz CT molecular complexity index is 1100. The number of nitrogens with zero attached hydrogens (tertiary/aromatic N) is 6. The van der Waals surface area contributed by atoms with E-state index in [0.717, 1.165) is 30.8 Å². The van der Waals surface area contributed by atoms with E-state index >= 15 is 0 Å². The van der Waals surface area contributed by atoms with Gasteiger partial charge in [0.2, 0.25) is 0 Å². The first-order chi connectivity index (χ1) is 14.5. The van der Waals surface area contributed by atoms with Gasteiger partial charge in [0, 0.05) is 31.0 Å². The number of carbonyl (C=O) groups is 1. The van der Waals surface area contributed by atoms with E-state index in [-0.39, 0.29) is 11.9 Å². The van der Waals surface area contributed by atoms with Gasteiger partial charge in [-0.25, -0.2) is 18.7 Å². The topological polar surface area (TPSA) is 113 Å². The predicted molar refractivity (Wildman–Crippen MR) is 106 cm³/mol. The van der Waals surface area contributed by atoms with E-state index in [2.05, 4.69) is 15.0 Å². The zero-order valence-electron chi connectivity index (χ0n) is 16.2. The molecule has 5 rings (SSSR count). The molecule has 156 valence electrons. The Kier molecular flexibility index (Phi) is 4.50.